The van der Waals surface area contributed by atoms with Gasteiger partial charge in [-0.05, 0) is 44.4 Å². The van der Waals surface area contributed by atoms with E-state index in [0.717, 1.165) is 5.56 Å². The number of rotatable bonds is 4. The molecule has 3 aliphatic rings. The molecule has 40 heavy (non-hydrogen) atoms. The van der Waals surface area contributed by atoms with Crippen molar-refractivity contribution in [3.8, 4) is 23.1 Å². The van der Waals surface area contributed by atoms with Gasteiger partial charge >= 0.3 is 6.61 Å². The van der Waals surface area contributed by atoms with Crippen LogP contribution in [-0.4, -0.2) is 49.0 Å². The van der Waals surface area contributed by atoms with E-state index in [4.69, 9.17) is 20.6 Å². The van der Waals surface area contributed by atoms with E-state index in [1.165, 1.54) is 6.07 Å². The van der Waals surface area contributed by atoms with Crippen LogP contribution in [0, 0.1) is 16.7 Å². The van der Waals surface area contributed by atoms with Crippen LogP contribution in [0.4, 0.5) is 8.78 Å². The Balaban J connectivity index is 1.31. The summed E-state index contributed by atoms with van der Waals surface area (Å²) in [6, 6.07) is 8.41. The smallest absolute Gasteiger partial charge is 0.387 e. The molecule has 12 heteroatoms. The Morgan fingerprint density at radius 2 is 1.95 bits per heavy atom. The molecule has 0 spiro atoms. The molecule has 4 heterocycles. The van der Waals surface area contributed by atoms with Crippen molar-refractivity contribution in [2.45, 2.75) is 50.3 Å². The monoisotopic (exact) mass is 542 g/mol. The molecule has 4 aromatic rings. The number of ether oxygens (including phenoxy) is 1. The zero-order chi connectivity index (χ0) is 28.0. The van der Waals surface area contributed by atoms with Gasteiger partial charge in [0.1, 0.15) is 11.6 Å². The van der Waals surface area contributed by atoms with Crippen molar-refractivity contribution >= 4 is 11.6 Å². The number of hydrogen-bond acceptors (Lipinski definition) is 8. The van der Waals surface area contributed by atoms with Gasteiger partial charge in [0, 0.05) is 53.8 Å². The number of benzene rings is 1. The highest BCUT2D eigenvalue weighted by Crippen LogP contribution is 2.53. The molecule has 2 N–H and O–H groups in total. The Labute approximate surface area is 227 Å². The Hall–Kier alpha value is -4.50. The van der Waals surface area contributed by atoms with Crippen molar-refractivity contribution < 1.29 is 18.3 Å². The number of fused-ring (bicyclic) bond motifs is 9. The molecule has 0 saturated heterocycles. The molecular formula is C28H24F2N8O2. The van der Waals surface area contributed by atoms with Crippen molar-refractivity contribution in [2.75, 3.05) is 7.05 Å². The van der Waals surface area contributed by atoms with Gasteiger partial charge in [-0.15, -0.1) is 0 Å². The van der Waals surface area contributed by atoms with Crippen LogP contribution in [0.1, 0.15) is 71.1 Å². The van der Waals surface area contributed by atoms with Crippen LogP contribution in [0.15, 0.2) is 42.9 Å². The van der Waals surface area contributed by atoms with Crippen molar-refractivity contribution in [3.05, 3.63) is 71.1 Å². The average molecular weight is 543 g/mol. The van der Waals surface area contributed by atoms with Gasteiger partial charge in [0.05, 0.1) is 34.5 Å². The molecule has 2 bridgehead atoms. The van der Waals surface area contributed by atoms with Crippen molar-refractivity contribution in [2.24, 2.45) is 11.1 Å². The average Bonchev–Trinajstić information content (AvgIpc) is 3.45. The fraction of sp³-hybridized carbons (Fsp3) is 0.357. The van der Waals surface area contributed by atoms with Gasteiger partial charge in [0.15, 0.2) is 5.65 Å². The molecular weight excluding hydrogens is 518 g/mol. The lowest BCUT2D eigenvalue weighted by molar-refractivity contribution is -0.0505. The Kier molecular flexibility index (Phi) is 5.06. The van der Waals surface area contributed by atoms with Crippen molar-refractivity contribution in [1.82, 2.24) is 29.5 Å². The van der Waals surface area contributed by atoms with Crippen LogP contribution in [0.5, 0.6) is 5.75 Å². The fourth-order valence-corrected chi connectivity index (χ4v) is 6.68. The maximum Gasteiger partial charge on any atom is 0.387 e. The minimum atomic E-state index is -3.03. The van der Waals surface area contributed by atoms with Crippen LogP contribution in [-0.2, 0) is 5.54 Å². The summed E-state index contributed by atoms with van der Waals surface area (Å²) in [5, 5.41) is 14.1. The van der Waals surface area contributed by atoms with E-state index in [1.807, 2.05) is 6.92 Å². The first-order valence-electron chi connectivity index (χ1n) is 12.9. The van der Waals surface area contributed by atoms with Crippen LogP contribution in [0.2, 0.25) is 0 Å². The number of carbonyl (C=O) groups excluding carboxylic acids is 1. The lowest BCUT2D eigenvalue weighted by Crippen LogP contribution is -2.54. The maximum atomic E-state index is 13.3. The molecule has 1 aliphatic heterocycles. The van der Waals surface area contributed by atoms with Gasteiger partial charge < -0.3 is 15.4 Å². The summed E-state index contributed by atoms with van der Waals surface area (Å²) in [4.78, 5) is 28.8. The molecule has 0 unspecified atom stereocenters. The highest BCUT2D eigenvalue weighted by Gasteiger charge is 2.53. The van der Waals surface area contributed by atoms with Crippen LogP contribution < -0.4 is 10.5 Å². The number of nitrogens with two attached hydrogens (primary N) is 1. The lowest BCUT2D eigenvalue weighted by Gasteiger charge is -2.47. The van der Waals surface area contributed by atoms with Crippen LogP contribution in [0.25, 0.3) is 16.9 Å². The number of carbonyl (C=O) groups is 1. The summed E-state index contributed by atoms with van der Waals surface area (Å²) < 4.78 is 33.2. The van der Waals surface area contributed by atoms with Gasteiger partial charge in [-0.1, -0.05) is 6.07 Å². The van der Waals surface area contributed by atoms with Gasteiger partial charge in [-0.25, -0.2) is 19.5 Å². The van der Waals surface area contributed by atoms with Crippen molar-refractivity contribution in [3.63, 3.8) is 0 Å². The molecule has 10 nitrogen and oxygen atoms in total. The standard InChI is InChI=1S/C28H24F2N8O2/c1-27(13-31)11-28(32,12-27)25-33-9-14(10-34-25)17-6-7-38-23(35-17)21-16-8-18(22(21)36-38)37(2)24(39)15-4-3-5-19(20(15)16)40-26(29)30/h3-7,9-10,16,18,26H,8,11-12,32H2,1-2H3/t16-,18-,27?,28?/m1/s1. The third-order valence-corrected chi connectivity index (χ3v) is 8.40. The topological polar surface area (TPSA) is 135 Å². The summed E-state index contributed by atoms with van der Waals surface area (Å²) in [6.45, 7) is -1.15. The fourth-order valence-electron chi connectivity index (χ4n) is 6.68. The van der Waals surface area contributed by atoms with E-state index in [9.17, 15) is 18.8 Å². The van der Waals surface area contributed by atoms with E-state index < -0.39 is 23.5 Å². The first-order valence-corrected chi connectivity index (χ1v) is 12.9. The zero-order valence-electron chi connectivity index (χ0n) is 21.7. The van der Waals surface area contributed by atoms with Gasteiger partial charge in [-0.2, -0.15) is 19.1 Å². The molecule has 202 valence electrons. The predicted octanol–water partition coefficient (Wildman–Crippen LogP) is 3.93. The molecule has 0 radical (unpaired) electrons. The highest BCUT2D eigenvalue weighted by molar-refractivity contribution is 5.98. The summed E-state index contributed by atoms with van der Waals surface area (Å²) in [6.07, 6.45) is 6.55. The second-order valence-electron chi connectivity index (χ2n) is 11.2. The molecule has 1 saturated carbocycles. The van der Waals surface area contributed by atoms with Gasteiger partial charge in [0.25, 0.3) is 5.91 Å². The Morgan fingerprint density at radius 1 is 1.20 bits per heavy atom. The molecule has 2 aliphatic carbocycles. The number of nitriles is 1. The van der Waals surface area contributed by atoms with Crippen LogP contribution >= 0.6 is 0 Å². The highest BCUT2D eigenvalue weighted by atomic mass is 19.3. The second-order valence-corrected chi connectivity index (χ2v) is 11.2. The number of amides is 1. The minimum Gasteiger partial charge on any atom is -0.434 e. The maximum absolute atomic E-state index is 13.3. The predicted molar refractivity (Wildman–Crippen MR) is 137 cm³/mol. The van der Waals surface area contributed by atoms with Crippen molar-refractivity contribution in [1.29, 1.82) is 5.26 Å². The third kappa shape index (κ3) is 3.43. The van der Waals surface area contributed by atoms with Crippen LogP contribution in [0.3, 0.4) is 0 Å². The number of nitrogens with zero attached hydrogens (tertiary/aromatic N) is 7. The summed E-state index contributed by atoms with van der Waals surface area (Å²) in [7, 11) is 1.70. The molecule has 3 aromatic heterocycles. The number of aromatic nitrogens is 5. The van der Waals surface area contributed by atoms with E-state index in [0.29, 0.717) is 58.8 Å². The normalized spacial score (nSPS) is 26.7. The Bertz CT molecular complexity index is 1740. The quantitative estimate of drug-likeness (QED) is 0.410. The molecule has 1 amide bonds. The zero-order valence-corrected chi connectivity index (χ0v) is 21.7. The van der Waals surface area contributed by atoms with Gasteiger partial charge in [0.2, 0.25) is 0 Å². The molecule has 1 aromatic carbocycles. The SMILES string of the molecule is CN1C(=O)c2cccc(OC(F)F)c2[C@H]2C[C@@H]1c1nn3ccc(-c4cnc(C5(N)CC(C)(C#N)C5)nc4)nc3c12. The van der Waals surface area contributed by atoms with Gasteiger partial charge in [-0.3, -0.25) is 4.79 Å². The Morgan fingerprint density at radius 3 is 2.65 bits per heavy atom. The van der Waals surface area contributed by atoms with E-state index in [2.05, 4.69) is 16.0 Å². The minimum absolute atomic E-state index is 0.0218. The summed E-state index contributed by atoms with van der Waals surface area (Å²) in [5.41, 5.74) is 9.30. The number of alkyl halides is 2. The first-order chi connectivity index (χ1) is 19.1. The molecule has 1 fully saturated rings. The second kappa shape index (κ2) is 8.25. The first kappa shape index (κ1) is 24.5. The third-order valence-electron chi connectivity index (χ3n) is 8.40. The number of halogens is 2. The lowest BCUT2D eigenvalue weighted by atomic mass is 9.59. The number of hydrogen-bond donors (Lipinski definition) is 1. The van der Waals surface area contributed by atoms with E-state index >= 15 is 0 Å². The molecule has 7 rings (SSSR count). The molecule has 2 atom stereocenters. The van der Waals surface area contributed by atoms with E-state index in [1.54, 1.807) is 53.3 Å². The van der Waals surface area contributed by atoms with E-state index in [-0.39, 0.29) is 17.7 Å². The largest absolute Gasteiger partial charge is 0.434 e. The summed E-state index contributed by atoms with van der Waals surface area (Å²) >= 11 is 0. The summed E-state index contributed by atoms with van der Waals surface area (Å²) in [5.74, 6) is -0.222.